The number of rotatable bonds is 8. The van der Waals surface area contributed by atoms with Crippen LogP contribution in [-0.2, 0) is 11.2 Å². The molecule has 0 aliphatic rings. The first-order chi connectivity index (χ1) is 14.5. The van der Waals surface area contributed by atoms with Crippen LogP contribution in [0.5, 0.6) is 0 Å². The van der Waals surface area contributed by atoms with Gasteiger partial charge in [0.15, 0.2) is 5.82 Å². The maximum Gasteiger partial charge on any atom is 0.323 e. The molecule has 1 unspecified atom stereocenters. The number of carbonyl (C=O) groups is 2. The lowest BCUT2D eigenvalue weighted by atomic mass is 10.1. The number of aryl methyl sites for hydroxylation is 2. The molecule has 0 fully saturated rings. The molecule has 0 saturated heterocycles. The third kappa shape index (κ3) is 6.44. The molecule has 8 nitrogen and oxygen atoms in total. The number of nitrogens with zero attached hydrogens (tertiary/aromatic N) is 2. The van der Waals surface area contributed by atoms with Gasteiger partial charge in [0.25, 0.3) is 0 Å². The number of amides is 3. The molecular formula is C22H25N5O3. The van der Waals surface area contributed by atoms with E-state index in [1.165, 1.54) is 0 Å². The number of nitrogens with one attached hydrogen (secondary N) is 3. The Hall–Kier alpha value is -3.68. The van der Waals surface area contributed by atoms with E-state index in [0.717, 1.165) is 11.3 Å². The van der Waals surface area contributed by atoms with Crippen LogP contribution in [0.25, 0.3) is 0 Å². The molecule has 0 saturated carbocycles. The molecule has 2 aromatic carbocycles. The SMILES string of the molecule is Cc1noc(CCCC(=O)NC(C)c2ccc(NC(=O)Nc3ccccc3)cc2)n1. The van der Waals surface area contributed by atoms with E-state index in [9.17, 15) is 9.59 Å². The van der Waals surface area contributed by atoms with Gasteiger partial charge in [-0.1, -0.05) is 35.5 Å². The lowest BCUT2D eigenvalue weighted by Crippen LogP contribution is -2.26. The molecule has 0 spiro atoms. The van der Waals surface area contributed by atoms with E-state index in [0.29, 0.717) is 36.7 Å². The lowest BCUT2D eigenvalue weighted by molar-refractivity contribution is -0.121. The Balaban J connectivity index is 1.43. The zero-order valence-corrected chi connectivity index (χ0v) is 17.0. The van der Waals surface area contributed by atoms with Crippen molar-refractivity contribution in [2.24, 2.45) is 0 Å². The predicted octanol–water partition coefficient (Wildman–Crippen LogP) is 4.22. The Morgan fingerprint density at radius 2 is 1.67 bits per heavy atom. The van der Waals surface area contributed by atoms with Gasteiger partial charge in [-0.2, -0.15) is 4.98 Å². The van der Waals surface area contributed by atoms with Gasteiger partial charge >= 0.3 is 6.03 Å². The molecule has 1 heterocycles. The van der Waals surface area contributed by atoms with Gasteiger partial charge in [-0.15, -0.1) is 0 Å². The fourth-order valence-electron chi connectivity index (χ4n) is 2.91. The highest BCUT2D eigenvalue weighted by Crippen LogP contribution is 2.17. The fourth-order valence-corrected chi connectivity index (χ4v) is 2.91. The molecule has 156 valence electrons. The van der Waals surface area contributed by atoms with Crippen LogP contribution in [0, 0.1) is 6.92 Å². The topological polar surface area (TPSA) is 109 Å². The second kappa shape index (κ2) is 10.2. The predicted molar refractivity (Wildman–Crippen MR) is 114 cm³/mol. The van der Waals surface area contributed by atoms with Crippen molar-refractivity contribution in [1.82, 2.24) is 15.5 Å². The Labute approximate surface area is 175 Å². The van der Waals surface area contributed by atoms with Gasteiger partial charge in [0.2, 0.25) is 11.8 Å². The summed E-state index contributed by atoms with van der Waals surface area (Å²) >= 11 is 0. The van der Waals surface area contributed by atoms with Crippen molar-refractivity contribution in [2.75, 3.05) is 10.6 Å². The summed E-state index contributed by atoms with van der Waals surface area (Å²) in [4.78, 5) is 28.3. The summed E-state index contributed by atoms with van der Waals surface area (Å²) in [6, 6.07) is 16.1. The van der Waals surface area contributed by atoms with E-state index < -0.39 is 0 Å². The minimum Gasteiger partial charge on any atom is -0.350 e. The molecule has 0 bridgehead atoms. The summed E-state index contributed by atoms with van der Waals surface area (Å²) in [6.45, 7) is 3.68. The molecule has 1 atom stereocenters. The normalized spacial score (nSPS) is 11.5. The summed E-state index contributed by atoms with van der Waals surface area (Å²) in [5.41, 5.74) is 2.34. The molecule has 0 aliphatic heterocycles. The van der Waals surface area contributed by atoms with Crippen molar-refractivity contribution in [3.05, 3.63) is 71.9 Å². The highest BCUT2D eigenvalue weighted by Gasteiger charge is 2.11. The Kier molecular flexibility index (Phi) is 7.15. The molecule has 3 N–H and O–H groups in total. The zero-order valence-electron chi connectivity index (χ0n) is 17.0. The van der Waals surface area contributed by atoms with Crippen LogP contribution in [-0.4, -0.2) is 22.1 Å². The lowest BCUT2D eigenvalue weighted by Gasteiger charge is -2.15. The van der Waals surface area contributed by atoms with Crippen LogP contribution in [0.1, 0.15) is 43.1 Å². The van der Waals surface area contributed by atoms with Gasteiger partial charge in [0, 0.05) is 24.2 Å². The van der Waals surface area contributed by atoms with Crippen LogP contribution >= 0.6 is 0 Å². The van der Waals surface area contributed by atoms with E-state index >= 15 is 0 Å². The maximum atomic E-state index is 12.2. The average molecular weight is 407 g/mol. The number of hydrogen-bond donors (Lipinski definition) is 3. The minimum absolute atomic E-state index is 0.0387. The van der Waals surface area contributed by atoms with Gasteiger partial charge in [-0.05, 0) is 50.1 Å². The van der Waals surface area contributed by atoms with E-state index in [-0.39, 0.29) is 18.0 Å². The summed E-state index contributed by atoms with van der Waals surface area (Å²) in [5, 5.41) is 12.3. The smallest absolute Gasteiger partial charge is 0.323 e. The van der Waals surface area contributed by atoms with Crippen LogP contribution in [0.3, 0.4) is 0 Å². The molecule has 1 aromatic heterocycles. The van der Waals surface area contributed by atoms with Crippen molar-refractivity contribution in [3.63, 3.8) is 0 Å². The molecule has 3 aromatic rings. The molecule has 30 heavy (non-hydrogen) atoms. The van der Waals surface area contributed by atoms with Crippen LogP contribution < -0.4 is 16.0 Å². The summed E-state index contributed by atoms with van der Waals surface area (Å²) in [6.07, 6.45) is 1.60. The van der Waals surface area contributed by atoms with Crippen molar-refractivity contribution in [1.29, 1.82) is 0 Å². The summed E-state index contributed by atoms with van der Waals surface area (Å²) in [5.74, 6) is 1.11. The summed E-state index contributed by atoms with van der Waals surface area (Å²) in [7, 11) is 0. The van der Waals surface area contributed by atoms with E-state index in [1.807, 2.05) is 49.4 Å². The third-order valence-corrected chi connectivity index (χ3v) is 4.44. The van der Waals surface area contributed by atoms with Gasteiger partial charge in [-0.25, -0.2) is 4.79 Å². The molecule has 8 heteroatoms. The average Bonchev–Trinajstić information content (AvgIpc) is 3.14. The maximum absolute atomic E-state index is 12.2. The Bertz CT molecular complexity index is 970. The number of hydrogen-bond acceptors (Lipinski definition) is 5. The van der Waals surface area contributed by atoms with E-state index in [1.54, 1.807) is 19.1 Å². The second-order valence-corrected chi connectivity index (χ2v) is 6.95. The monoisotopic (exact) mass is 407 g/mol. The molecule has 0 radical (unpaired) electrons. The largest absolute Gasteiger partial charge is 0.350 e. The Morgan fingerprint density at radius 1 is 1.00 bits per heavy atom. The quantitative estimate of drug-likeness (QED) is 0.518. The van der Waals surface area contributed by atoms with Crippen molar-refractivity contribution >= 4 is 23.3 Å². The van der Waals surface area contributed by atoms with Gasteiger partial charge in [0.05, 0.1) is 6.04 Å². The third-order valence-electron chi connectivity index (χ3n) is 4.44. The molecular weight excluding hydrogens is 382 g/mol. The van der Waals surface area contributed by atoms with E-state index in [2.05, 4.69) is 26.1 Å². The fraction of sp³-hybridized carbons (Fsp3) is 0.273. The van der Waals surface area contributed by atoms with Gasteiger partial charge < -0.3 is 20.5 Å². The zero-order chi connectivity index (χ0) is 21.3. The standard InChI is InChI=1S/C22H25N5O3/c1-15(23-20(28)9-6-10-21-24-16(2)27-30-21)17-11-13-19(14-12-17)26-22(29)25-18-7-4-3-5-8-18/h3-5,7-8,11-15H,6,9-10H2,1-2H3,(H,23,28)(H2,25,26,29). The van der Waals surface area contributed by atoms with Gasteiger partial charge in [0.1, 0.15) is 0 Å². The first kappa shape index (κ1) is 21.0. The number of anilines is 2. The number of urea groups is 1. The van der Waals surface area contributed by atoms with Gasteiger partial charge in [-0.3, -0.25) is 4.79 Å². The van der Waals surface area contributed by atoms with Crippen LogP contribution in [0.15, 0.2) is 59.1 Å². The van der Waals surface area contributed by atoms with Crippen LogP contribution in [0.4, 0.5) is 16.2 Å². The summed E-state index contributed by atoms with van der Waals surface area (Å²) < 4.78 is 5.04. The number of para-hydroxylation sites is 1. The number of benzene rings is 2. The molecule has 3 rings (SSSR count). The van der Waals surface area contributed by atoms with Crippen LogP contribution in [0.2, 0.25) is 0 Å². The first-order valence-electron chi connectivity index (χ1n) is 9.81. The van der Waals surface area contributed by atoms with E-state index in [4.69, 9.17) is 4.52 Å². The van der Waals surface area contributed by atoms with Crippen molar-refractivity contribution in [3.8, 4) is 0 Å². The highest BCUT2D eigenvalue weighted by atomic mass is 16.5. The molecule has 0 aliphatic carbocycles. The second-order valence-electron chi connectivity index (χ2n) is 6.95. The number of carbonyl (C=O) groups excluding carboxylic acids is 2. The highest BCUT2D eigenvalue weighted by molar-refractivity contribution is 5.99. The Morgan fingerprint density at radius 3 is 2.30 bits per heavy atom. The number of aromatic nitrogens is 2. The van der Waals surface area contributed by atoms with Crippen molar-refractivity contribution < 1.29 is 14.1 Å². The molecule has 3 amide bonds. The first-order valence-corrected chi connectivity index (χ1v) is 9.81. The minimum atomic E-state index is -0.313. The van der Waals surface area contributed by atoms with Crippen molar-refractivity contribution in [2.45, 2.75) is 39.2 Å².